The summed E-state index contributed by atoms with van der Waals surface area (Å²) in [7, 11) is 0. The largest absolute Gasteiger partial charge is 0.357 e. The first-order chi connectivity index (χ1) is 15.7. The lowest BCUT2D eigenvalue weighted by Crippen LogP contribution is -2.43. The first-order valence-corrected chi connectivity index (χ1v) is 11.2. The maximum atomic E-state index is 12.8. The van der Waals surface area contributed by atoms with Crippen LogP contribution in [0.1, 0.15) is 19.2 Å². The third-order valence-electron chi connectivity index (χ3n) is 6.57. The van der Waals surface area contributed by atoms with Crippen molar-refractivity contribution in [2.45, 2.75) is 19.9 Å². The van der Waals surface area contributed by atoms with Gasteiger partial charge in [0.05, 0.1) is 11.8 Å². The molecule has 3 aliphatic rings. The number of hydrogen-bond acceptors (Lipinski definition) is 5. The van der Waals surface area contributed by atoms with Crippen molar-refractivity contribution in [2.24, 2.45) is 28.7 Å². The molecular formula is C23H28IN7O2. The van der Waals surface area contributed by atoms with Crippen LogP contribution in [0.5, 0.6) is 0 Å². The van der Waals surface area contributed by atoms with Gasteiger partial charge in [0.1, 0.15) is 12.9 Å². The van der Waals surface area contributed by atoms with Gasteiger partial charge in [-0.1, -0.05) is 30.4 Å². The van der Waals surface area contributed by atoms with Crippen LogP contribution in [0, 0.1) is 23.7 Å². The zero-order chi connectivity index (χ0) is 22.1. The predicted octanol–water partition coefficient (Wildman–Crippen LogP) is 1.75. The predicted molar refractivity (Wildman–Crippen MR) is 134 cm³/mol. The van der Waals surface area contributed by atoms with Crippen molar-refractivity contribution in [1.29, 1.82) is 0 Å². The van der Waals surface area contributed by atoms with E-state index in [4.69, 9.17) is 0 Å². The molecule has 5 rings (SSSR count). The minimum atomic E-state index is -0.149. The van der Waals surface area contributed by atoms with Crippen LogP contribution in [-0.4, -0.2) is 57.1 Å². The first-order valence-electron chi connectivity index (χ1n) is 11.2. The average Bonchev–Trinajstić information content (AvgIpc) is 3.59. The number of allylic oxidation sites excluding steroid dienone is 2. The van der Waals surface area contributed by atoms with Crippen LogP contribution < -0.4 is 10.6 Å². The molecule has 10 heteroatoms. The Hall–Kier alpha value is -2.76. The van der Waals surface area contributed by atoms with Gasteiger partial charge in [-0.05, 0) is 37.3 Å². The van der Waals surface area contributed by atoms with E-state index in [-0.39, 0.29) is 59.5 Å². The molecule has 2 bridgehead atoms. The summed E-state index contributed by atoms with van der Waals surface area (Å²) in [5, 5.41) is 14.6. The molecule has 2 heterocycles. The van der Waals surface area contributed by atoms with E-state index < -0.39 is 0 Å². The van der Waals surface area contributed by atoms with E-state index >= 15 is 0 Å². The molecule has 1 saturated heterocycles. The molecule has 9 nitrogen and oxygen atoms in total. The number of rotatable bonds is 7. The number of amides is 2. The maximum Gasteiger partial charge on any atom is 0.233 e. The minimum absolute atomic E-state index is 0. The van der Waals surface area contributed by atoms with Gasteiger partial charge in [0.2, 0.25) is 11.8 Å². The summed E-state index contributed by atoms with van der Waals surface area (Å²) in [6.07, 6.45) is 6.85. The van der Waals surface area contributed by atoms with E-state index in [1.165, 1.54) is 4.90 Å². The summed E-state index contributed by atoms with van der Waals surface area (Å²) >= 11 is 0. The monoisotopic (exact) mass is 561 g/mol. The second-order valence-corrected chi connectivity index (χ2v) is 8.40. The van der Waals surface area contributed by atoms with E-state index in [1.54, 1.807) is 6.33 Å². The quantitative estimate of drug-likeness (QED) is 0.176. The molecule has 174 valence electrons. The van der Waals surface area contributed by atoms with Crippen molar-refractivity contribution in [1.82, 2.24) is 30.3 Å². The number of hydrogen-bond donors (Lipinski definition) is 2. The molecule has 1 aromatic carbocycles. The van der Waals surface area contributed by atoms with E-state index in [1.807, 2.05) is 41.8 Å². The summed E-state index contributed by atoms with van der Waals surface area (Å²) < 4.78 is 1.90. The highest BCUT2D eigenvalue weighted by Crippen LogP contribution is 2.52. The highest BCUT2D eigenvalue weighted by atomic mass is 127. The van der Waals surface area contributed by atoms with Crippen molar-refractivity contribution in [3.8, 4) is 5.69 Å². The number of carbonyl (C=O) groups is 2. The lowest BCUT2D eigenvalue weighted by atomic mass is 9.85. The number of fused-ring (bicyclic) bond motifs is 5. The number of para-hydroxylation sites is 1. The molecular weight excluding hydrogens is 533 g/mol. The van der Waals surface area contributed by atoms with Crippen LogP contribution >= 0.6 is 24.0 Å². The molecule has 1 aliphatic heterocycles. The molecule has 2 N–H and O–H groups in total. The van der Waals surface area contributed by atoms with E-state index in [0.717, 1.165) is 12.1 Å². The average molecular weight is 561 g/mol. The standard InChI is InChI=1S/C23H27N7O2.HI/c1-2-24-23(26-13-18-28-27-14-30(18)17-6-4-3-5-7-17)25-10-11-29-21(31)19-15-8-9-16(12-15)20(19)22(29)32;/h3-9,14-16,19-20H,2,10-13H2,1H3,(H2,24,25,26);1H. The molecule has 1 saturated carbocycles. The van der Waals surface area contributed by atoms with Crippen molar-refractivity contribution in [3.63, 3.8) is 0 Å². The fourth-order valence-corrected chi connectivity index (χ4v) is 5.13. The van der Waals surface area contributed by atoms with Gasteiger partial charge in [0.25, 0.3) is 0 Å². The molecule has 0 spiro atoms. The summed E-state index contributed by atoms with van der Waals surface area (Å²) in [5.41, 5.74) is 0.973. The molecule has 2 aromatic rings. The number of carbonyl (C=O) groups excluding carboxylic acids is 2. The second-order valence-electron chi connectivity index (χ2n) is 8.40. The SMILES string of the molecule is CCNC(=NCc1nncn1-c1ccccc1)NCCN1C(=O)C2C3C=CC(C3)C2C1=O.I. The van der Waals surface area contributed by atoms with Crippen LogP contribution in [0.3, 0.4) is 0 Å². The Morgan fingerprint density at radius 3 is 2.45 bits per heavy atom. The minimum Gasteiger partial charge on any atom is -0.357 e. The van der Waals surface area contributed by atoms with Gasteiger partial charge < -0.3 is 10.6 Å². The van der Waals surface area contributed by atoms with E-state index in [0.29, 0.717) is 38.0 Å². The molecule has 2 aliphatic carbocycles. The Morgan fingerprint density at radius 2 is 1.79 bits per heavy atom. The normalized spacial score (nSPS) is 25.4. The highest BCUT2D eigenvalue weighted by molar-refractivity contribution is 14.0. The van der Waals surface area contributed by atoms with Gasteiger partial charge in [0, 0.05) is 25.3 Å². The van der Waals surface area contributed by atoms with Crippen molar-refractivity contribution >= 4 is 41.8 Å². The Kier molecular flexibility index (Phi) is 7.11. The fourth-order valence-electron chi connectivity index (χ4n) is 5.13. The topological polar surface area (TPSA) is 105 Å². The Balaban J connectivity index is 0.00000259. The van der Waals surface area contributed by atoms with Gasteiger partial charge in [-0.2, -0.15) is 0 Å². The van der Waals surface area contributed by atoms with Crippen LogP contribution in [-0.2, 0) is 16.1 Å². The summed E-state index contributed by atoms with van der Waals surface area (Å²) in [6, 6.07) is 9.86. The zero-order valence-electron chi connectivity index (χ0n) is 18.4. The Labute approximate surface area is 209 Å². The van der Waals surface area contributed by atoms with Gasteiger partial charge in [-0.25, -0.2) is 4.99 Å². The number of halogens is 1. The van der Waals surface area contributed by atoms with E-state index in [9.17, 15) is 9.59 Å². The Morgan fingerprint density at radius 1 is 1.09 bits per heavy atom. The second kappa shape index (κ2) is 10.0. The summed E-state index contributed by atoms with van der Waals surface area (Å²) in [4.78, 5) is 31.7. The number of aromatic nitrogens is 3. The lowest BCUT2D eigenvalue weighted by Gasteiger charge is -2.18. The number of nitrogens with zero attached hydrogens (tertiary/aromatic N) is 5. The van der Waals surface area contributed by atoms with Crippen molar-refractivity contribution in [3.05, 3.63) is 54.6 Å². The van der Waals surface area contributed by atoms with Gasteiger partial charge in [0.15, 0.2) is 11.8 Å². The summed E-state index contributed by atoms with van der Waals surface area (Å²) in [5.74, 6) is 1.46. The molecule has 1 aromatic heterocycles. The Bertz CT molecular complexity index is 1040. The summed E-state index contributed by atoms with van der Waals surface area (Å²) in [6.45, 7) is 3.80. The van der Waals surface area contributed by atoms with Gasteiger partial charge in [-0.3, -0.25) is 19.1 Å². The van der Waals surface area contributed by atoms with Crippen LogP contribution in [0.25, 0.3) is 5.69 Å². The van der Waals surface area contributed by atoms with E-state index in [2.05, 4.69) is 38.0 Å². The van der Waals surface area contributed by atoms with Gasteiger partial charge in [-0.15, -0.1) is 34.2 Å². The molecule has 0 radical (unpaired) electrons. The maximum absolute atomic E-state index is 12.8. The number of imide groups is 1. The van der Waals surface area contributed by atoms with Crippen molar-refractivity contribution in [2.75, 3.05) is 19.6 Å². The molecule has 4 unspecified atom stereocenters. The zero-order valence-corrected chi connectivity index (χ0v) is 20.8. The third kappa shape index (κ3) is 4.40. The van der Waals surface area contributed by atoms with Crippen molar-refractivity contribution < 1.29 is 9.59 Å². The molecule has 33 heavy (non-hydrogen) atoms. The van der Waals surface area contributed by atoms with Gasteiger partial charge >= 0.3 is 0 Å². The third-order valence-corrected chi connectivity index (χ3v) is 6.57. The highest BCUT2D eigenvalue weighted by Gasteiger charge is 2.58. The first kappa shape index (κ1) is 23.4. The number of guanidine groups is 1. The smallest absolute Gasteiger partial charge is 0.233 e. The number of benzene rings is 1. The van der Waals surface area contributed by atoms with Crippen LogP contribution in [0.4, 0.5) is 0 Å². The molecule has 2 amide bonds. The number of aliphatic imine (C=N–C) groups is 1. The fraction of sp³-hybridized carbons (Fsp3) is 0.435. The van der Waals surface area contributed by atoms with Crippen LogP contribution in [0.2, 0.25) is 0 Å². The lowest BCUT2D eigenvalue weighted by molar-refractivity contribution is -0.140. The number of nitrogens with one attached hydrogen (secondary N) is 2. The molecule has 4 atom stereocenters. The number of likely N-dealkylation sites (tertiary alicyclic amines) is 1. The van der Waals surface area contributed by atoms with Crippen LogP contribution in [0.15, 0.2) is 53.8 Å². The molecule has 2 fully saturated rings.